The highest BCUT2D eigenvalue weighted by Crippen LogP contribution is 2.23. The number of likely N-dealkylation sites (N-methyl/N-ethyl adjacent to an activating group) is 1. The largest absolute Gasteiger partial charge is 0.480 e. The number of aryl methyl sites for hydroxylation is 2. The van der Waals surface area contributed by atoms with Gasteiger partial charge in [0.15, 0.2) is 0 Å². The molecule has 1 aromatic rings. The summed E-state index contributed by atoms with van der Waals surface area (Å²) in [6.45, 7) is 4.27. The van der Waals surface area contributed by atoms with Crippen LogP contribution in [0.1, 0.15) is 25.2 Å². The summed E-state index contributed by atoms with van der Waals surface area (Å²) in [6, 6.07) is -0.512. The summed E-state index contributed by atoms with van der Waals surface area (Å²) in [4.78, 5) is 12.7. The lowest BCUT2D eigenvalue weighted by molar-refractivity contribution is -0.142. The lowest BCUT2D eigenvalue weighted by Gasteiger charge is -2.21. The zero-order chi connectivity index (χ0) is 13.2. The highest BCUT2D eigenvalue weighted by Gasteiger charge is 2.20. The summed E-state index contributed by atoms with van der Waals surface area (Å²) in [7, 11) is 3.67. The van der Waals surface area contributed by atoms with Gasteiger partial charge in [-0.3, -0.25) is 14.4 Å². The fourth-order valence-electron chi connectivity index (χ4n) is 1.55. The molecule has 5 nitrogen and oxygen atoms in total. The summed E-state index contributed by atoms with van der Waals surface area (Å²) in [6.07, 6.45) is 0.854. The Bertz CT molecular complexity index is 417. The summed E-state index contributed by atoms with van der Waals surface area (Å²) < 4.78 is 2.78. The first-order valence-corrected chi connectivity index (χ1v) is 6.31. The van der Waals surface area contributed by atoms with Crippen LogP contribution in [0.3, 0.4) is 0 Å². The molecular weight excluding hydrogens is 286 g/mol. The van der Waals surface area contributed by atoms with Gasteiger partial charge < -0.3 is 5.11 Å². The van der Waals surface area contributed by atoms with E-state index in [1.807, 2.05) is 14.0 Å². The first kappa shape index (κ1) is 14.2. The number of halogens is 1. The lowest BCUT2D eigenvalue weighted by atomic mass is 10.2. The van der Waals surface area contributed by atoms with Crippen molar-refractivity contribution in [3.8, 4) is 0 Å². The minimum absolute atomic E-state index is 0.512. The molecule has 17 heavy (non-hydrogen) atoms. The van der Waals surface area contributed by atoms with Crippen molar-refractivity contribution < 1.29 is 9.90 Å². The molecule has 0 bridgehead atoms. The van der Waals surface area contributed by atoms with Gasteiger partial charge in [-0.15, -0.1) is 0 Å². The highest BCUT2D eigenvalue weighted by molar-refractivity contribution is 9.10. The highest BCUT2D eigenvalue weighted by atomic mass is 79.9. The van der Waals surface area contributed by atoms with Crippen LogP contribution >= 0.6 is 15.9 Å². The number of carboxylic acids is 1. The standard InChI is InChI=1S/C11H18BrN3O2/c1-5-8-10(12)9(15(4)13-8)6-14(3)7(2)11(16)17/h7H,5-6H2,1-4H3,(H,16,17). The third-order valence-electron chi connectivity index (χ3n) is 2.92. The topological polar surface area (TPSA) is 58.4 Å². The number of aromatic nitrogens is 2. The maximum atomic E-state index is 10.9. The van der Waals surface area contributed by atoms with Gasteiger partial charge >= 0.3 is 5.97 Å². The van der Waals surface area contributed by atoms with Crippen molar-refractivity contribution >= 4 is 21.9 Å². The summed E-state index contributed by atoms with van der Waals surface area (Å²) in [5.41, 5.74) is 2.00. The Hall–Kier alpha value is -0.880. The van der Waals surface area contributed by atoms with Crippen LogP contribution in [0, 0.1) is 0 Å². The molecule has 1 unspecified atom stereocenters. The quantitative estimate of drug-likeness (QED) is 0.898. The van der Waals surface area contributed by atoms with Crippen molar-refractivity contribution in [2.45, 2.75) is 32.9 Å². The van der Waals surface area contributed by atoms with E-state index >= 15 is 0 Å². The zero-order valence-electron chi connectivity index (χ0n) is 10.6. The Morgan fingerprint density at radius 1 is 1.65 bits per heavy atom. The second-order valence-corrected chi connectivity index (χ2v) is 4.91. The van der Waals surface area contributed by atoms with E-state index in [0.717, 1.165) is 22.3 Å². The minimum atomic E-state index is -0.818. The van der Waals surface area contributed by atoms with Crippen LogP contribution in [0.25, 0.3) is 0 Å². The average Bonchev–Trinajstić information content (AvgIpc) is 2.55. The van der Waals surface area contributed by atoms with Gasteiger partial charge in [0.2, 0.25) is 0 Å². The molecule has 0 radical (unpaired) electrons. The number of hydrogen-bond acceptors (Lipinski definition) is 3. The van der Waals surface area contributed by atoms with E-state index < -0.39 is 12.0 Å². The molecule has 1 aromatic heterocycles. The zero-order valence-corrected chi connectivity index (χ0v) is 12.2. The lowest BCUT2D eigenvalue weighted by Crippen LogP contribution is -2.35. The monoisotopic (exact) mass is 303 g/mol. The molecule has 0 saturated carbocycles. The van der Waals surface area contributed by atoms with Gasteiger partial charge in [-0.1, -0.05) is 6.92 Å². The molecule has 0 saturated heterocycles. The minimum Gasteiger partial charge on any atom is -0.480 e. The smallest absolute Gasteiger partial charge is 0.320 e. The normalized spacial score (nSPS) is 13.1. The molecule has 0 amide bonds. The number of carbonyl (C=O) groups is 1. The third kappa shape index (κ3) is 3.07. The van der Waals surface area contributed by atoms with Crippen molar-refractivity contribution in [2.24, 2.45) is 7.05 Å². The van der Waals surface area contributed by atoms with Crippen LogP contribution in [0.5, 0.6) is 0 Å². The Kier molecular flexibility index (Phi) is 4.70. The summed E-state index contributed by atoms with van der Waals surface area (Å²) >= 11 is 3.52. The second kappa shape index (κ2) is 5.64. The van der Waals surface area contributed by atoms with Gasteiger partial charge in [-0.2, -0.15) is 5.10 Å². The number of hydrogen-bond donors (Lipinski definition) is 1. The average molecular weight is 304 g/mol. The molecule has 0 fully saturated rings. The molecule has 6 heteroatoms. The van der Waals surface area contributed by atoms with E-state index in [1.165, 1.54) is 0 Å². The van der Waals surface area contributed by atoms with Gasteiger partial charge in [-0.25, -0.2) is 0 Å². The van der Waals surface area contributed by atoms with Crippen molar-refractivity contribution in [2.75, 3.05) is 7.05 Å². The molecular formula is C11H18BrN3O2. The van der Waals surface area contributed by atoms with E-state index in [4.69, 9.17) is 5.11 Å². The first-order chi connectivity index (χ1) is 7.88. The predicted molar refractivity (Wildman–Crippen MR) is 68.9 cm³/mol. The fraction of sp³-hybridized carbons (Fsp3) is 0.636. The number of aliphatic carboxylic acids is 1. The molecule has 0 aliphatic carbocycles. The number of carboxylic acid groups (broad SMARTS) is 1. The SMILES string of the molecule is CCc1nn(C)c(CN(C)C(C)C(=O)O)c1Br. The van der Waals surface area contributed by atoms with Crippen molar-refractivity contribution in [3.63, 3.8) is 0 Å². The predicted octanol–water partition coefficient (Wildman–Crippen LogP) is 1.65. The molecule has 0 aromatic carbocycles. The Labute approximate surface area is 110 Å². The molecule has 1 heterocycles. The van der Waals surface area contributed by atoms with Crippen LogP contribution in [-0.2, 0) is 24.8 Å². The molecule has 1 atom stereocenters. The van der Waals surface area contributed by atoms with Crippen LogP contribution in [0.4, 0.5) is 0 Å². The summed E-state index contributed by atoms with van der Waals surface area (Å²) in [5, 5.41) is 13.3. The van der Waals surface area contributed by atoms with E-state index in [-0.39, 0.29) is 0 Å². The van der Waals surface area contributed by atoms with E-state index in [2.05, 4.69) is 21.0 Å². The number of rotatable bonds is 5. The maximum Gasteiger partial charge on any atom is 0.320 e. The number of nitrogens with zero attached hydrogens (tertiary/aromatic N) is 3. The molecule has 96 valence electrons. The van der Waals surface area contributed by atoms with Gasteiger partial charge in [0.05, 0.1) is 15.9 Å². The first-order valence-electron chi connectivity index (χ1n) is 5.51. The van der Waals surface area contributed by atoms with Crippen LogP contribution in [0.15, 0.2) is 4.47 Å². The third-order valence-corrected chi connectivity index (χ3v) is 3.84. The van der Waals surface area contributed by atoms with Crippen molar-refractivity contribution in [3.05, 3.63) is 15.9 Å². The van der Waals surface area contributed by atoms with Gasteiger partial charge in [0, 0.05) is 13.6 Å². The van der Waals surface area contributed by atoms with Crippen LogP contribution in [-0.4, -0.2) is 38.8 Å². The van der Waals surface area contributed by atoms with Crippen molar-refractivity contribution in [1.29, 1.82) is 0 Å². The molecule has 1 N–H and O–H groups in total. The summed E-state index contributed by atoms with van der Waals surface area (Å²) in [5.74, 6) is -0.818. The molecule has 0 aliphatic heterocycles. The molecule has 0 aliphatic rings. The van der Waals surface area contributed by atoms with Gasteiger partial charge in [0.1, 0.15) is 6.04 Å². The van der Waals surface area contributed by atoms with Crippen LogP contribution < -0.4 is 0 Å². The Morgan fingerprint density at radius 3 is 2.65 bits per heavy atom. The van der Waals surface area contributed by atoms with Crippen molar-refractivity contribution in [1.82, 2.24) is 14.7 Å². The second-order valence-electron chi connectivity index (χ2n) is 4.11. The Balaban J connectivity index is 2.88. The molecule has 1 rings (SSSR count). The fourth-order valence-corrected chi connectivity index (χ4v) is 2.29. The maximum absolute atomic E-state index is 10.9. The van der Waals surface area contributed by atoms with E-state index in [0.29, 0.717) is 6.54 Å². The Morgan fingerprint density at radius 2 is 2.24 bits per heavy atom. The van der Waals surface area contributed by atoms with Crippen LogP contribution in [0.2, 0.25) is 0 Å². The van der Waals surface area contributed by atoms with E-state index in [9.17, 15) is 4.79 Å². The van der Waals surface area contributed by atoms with Gasteiger partial charge in [0.25, 0.3) is 0 Å². The van der Waals surface area contributed by atoms with E-state index in [1.54, 1.807) is 23.6 Å². The van der Waals surface area contributed by atoms with Gasteiger partial charge in [-0.05, 0) is 36.3 Å². The molecule has 0 spiro atoms.